The lowest BCUT2D eigenvalue weighted by molar-refractivity contribution is -0.137. The number of carbonyl (C=O) groups excluding carboxylic acids is 1. The Morgan fingerprint density at radius 2 is 1.88 bits per heavy atom. The maximum Gasteiger partial charge on any atom is 0.416 e. The molecule has 1 N–H and O–H groups in total. The van der Waals surface area contributed by atoms with Crippen molar-refractivity contribution in [3.05, 3.63) is 35.4 Å². The summed E-state index contributed by atoms with van der Waals surface area (Å²) >= 11 is 0. The minimum absolute atomic E-state index is 0.0368. The van der Waals surface area contributed by atoms with E-state index in [1.165, 1.54) is 6.07 Å². The SMILES string of the molecule is CC(C)N(CCNCc1cccc(C(F)(F)F)c1)C(=O)OC(C)(C)C. The molecule has 0 atom stereocenters. The molecule has 0 aliphatic rings. The number of amides is 1. The first-order valence-electron chi connectivity index (χ1n) is 8.26. The summed E-state index contributed by atoms with van der Waals surface area (Å²) in [5.74, 6) is 0. The third-order valence-electron chi connectivity index (χ3n) is 3.36. The van der Waals surface area contributed by atoms with Gasteiger partial charge in [0.25, 0.3) is 0 Å². The molecule has 0 spiro atoms. The van der Waals surface area contributed by atoms with Gasteiger partial charge >= 0.3 is 12.3 Å². The van der Waals surface area contributed by atoms with Gasteiger partial charge in [-0.1, -0.05) is 18.2 Å². The molecule has 0 aromatic heterocycles. The smallest absolute Gasteiger partial charge is 0.416 e. The number of nitrogens with zero attached hydrogens (tertiary/aromatic N) is 1. The third-order valence-corrected chi connectivity index (χ3v) is 3.36. The molecule has 1 aromatic carbocycles. The van der Waals surface area contributed by atoms with Crippen LogP contribution >= 0.6 is 0 Å². The quantitative estimate of drug-likeness (QED) is 0.763. The molecule has 0 radical (unpaired) electrons. The van der Waals surface area contributed by atoms with Gasteiger partial charge in [0.1, 0.15) is 5.60 Å². The summed E-state index contributed by atoms with van der Waals surface area (Å²) in [7, 11) is 0. The second-order valence-corrected chi connectivity index (χ2v) is 7.14. The highest BCUT2D eigenvalue weighted by Gasteiger charge is 2.30. The van der Waals surface area contributed by atoms with Gasteiger partial charge in [-0.25, -0.2) is 4.79 Å². The van der Waals surface area contributed by atoms with Crippen molar-refractivity contribution < 1.29 is 22.7 Å². The molecular weight excluding hydrogens is 333 g/mol. The number of ether oxygens (including phenoxy) is 1. The van der Waals surface area contributed by atoms with E-state index in [0.29, 0.717) is 25.2 Å². The predicted molar refractivity (Wildman–Crippen MR) is 91.2 cm³/mol. The largest absolute Gasteiger partial charge is 0.444 e. The summed E-state index contributed by atoms with van der Waals surface area (Å²) < 4.78 is 43.5. The van der Waals surface area contributed by atoms with Gasteiger partial charge in [-0.05, 0) is 46.2 Å². The molecule has 0 fully saturated rings. The fourth-order valence-corrected chi connectivity index (χ4v) is 2.17. The molecule has 0 saturated heterocycles. The van der Waals surface area contributed by atoms with E-state index >= 15 is 0 Å². The summed E-state index contributed by atoms with van der Waals surface area (Å²) in [6, 6.07) is 5.16. The molecule has 0 unspecified atom stereocenters. The first kappa shape index (κ1) is 21.3. The highest BCUT2D eigenvalue weighted by atomic mass is 19.4. The van der Waals surface area contributed by atoms with E-state index in [4.69, 9.17) is 4.74 Å². The van der Waals surface area contributed by atoms with Crippen LogP contribution in [0.25, 0.3) is 0 Å². The van der Waals surface area contributed by atoms with Crippen LogP contribution < -0.4 is 5.32 Å². The fraction of sp³-hybridized carbons (Fsp3) is 0.611. The van der Waals surface area contributed by atoms with E-state index in [1.54, 1.807) is 31.7 Å². The number of nitrogens with one attached hydrogen (secondary N) is 1. The molecule has 0 saturated carbocycles. The molecular formula is C18H27F3N2O2. The Labute approximate surface area is 147 Å². The highest BCUT2D eigenvalue weighted by molar-refractivity contribution is 5.68. The average Bonchev–Trinajstić information content (AvgIpc) is 2.44. The van der Waals surface area contributed by atoms with Gasteiger partial charge in [-0.3, -0.25) is 0 Å². The van der Waals surface area contributed by atoms with Crippen molar-refractivity contribution in [1.82, 2.24) is 10.2 Å². The molecule has 1 amide bonds. The number of benzene rings is 1. The lowest BCUT2D eigenvalue weighted by Crippen LogP contribution is -2.44. The topological polar surface area (TPSA) is 41.6 Å². The van der Waals surface area contributed by atoms with Crippen LogP contribution in [-0.4, -0.2) is 35.7 Å². The van der Waals surface area contributed by atoms with Gasteiger partial charge in [-0.15, -0.1) is 0 Å². The molecule has 25 heavy (non-hydrogen) atoms. The van der Waals surface area contributed by atoms with E-state index in [1.807, 2.05) is 13.8 Å². The Morgan fingerprint density at radius 3 is 2.40 bits per heavy atom. The molecule has 7 heteroatoms. The number of halogens is 3. The second-order valence-electron chi connectivity index (χ2n) is 7.14. The van der Waals surface area contributed by atoms with Gasteiger partial charge in [0.2, 0.25) is 0 Å². The van der Waals surface area contributed by atoms with Crippen LogP contribution in [0.3, 0.4) is 0 Å². The Hall–Kier alpha value is -1.76. The number of rotatable bonds is 6. The zero-order valence-corrected chi connectivity index (χ0v) is 15.4. The van der Waals surface area contributed by atoms with E-state index in [9.17, 15) is 18.0 Å². The normalized spacial score (nSPS) is 12.4. The summed E-state index contributed by atoms with van der Waals surface area (Å²) in [6.07, 6.45) is -4.75. The fourth-order valence-electron chi connectivity index (χ4n) is 2.17. The van der Waals surface area contributed by atoms with E-state index in [2.05, 4.69) is 5.32 Å². The first-order chi connectivity index (χ1) is 11.4. The van der Waals surface area contributed by atoms with Crippen molar-refractivity contribution >= 4 is 6.09 Å². The van der Waals surface area contributed by atoms with Crippen LogP contribution in [0.5, 0.6) is 0 Å². The highest BCUT2D eigenvalue weighted by Crippen LogP contribution is 2.29. The van der Waals surface area contributed by atoms with Crippen molar-refractivity contribution in [2.45, 2.75) is 59.0 Å². The number of alkyl halides is 3. The van der Waals surface area contributed by atoms with Crippen LogP contribution in [0.15, 0.2) is 24.3 Å². The molecule has 0 bridgehead atoms. The first-order valence-corrected chi connectivity index (χ1v) is 8.26. The average molecular weight is 360 g/mol. The number of hydrogen-bond acceptors (Lipinski definition) is 3. The van der Waals surface area contributed by atoms with Crippen LogP contribution in [-0.2, 0) is 17.5 Å². The minimum Gasteiger partial charge on any atom is -0.444 e. The van der Waals surface area contributed by atoms with E-state index in [-0.39, 0.29) is 6.04 Å². The van der Waals surface area contributed by atoms with E-state index in [0.717, 1.165) is 12.1 Å². The third kappa shape index (κ3) is 7.77. The standard InChI is InChI=1S/C18H27F3N2O2/c1-13(2)23(16(24)25-17(3,4)5)10-9-22-12-14-7-6-8-15(11-14)18(19,20)21/h6-8,11,13,22H,9-10,12H2,1-5H3. The lowest BCUT2D eigenvalue weighted by atomic mass is 10.1. The number of carbonyl (C=O) groups is 1. The Balaban J connectivity index is 2.54. The zero-order valence-electron chi connectivity index (χ0n) is 15.4. The molecule has 0 heterocycles. The van der Waals surface area contributed by atoms with Gasteiger partial charge in [0.05, 0.1) is 5.56 Å². The lowest BCUT2D eigenvalue weighted by Gasteiger charge is -2.30. The molecule has 142 valence electrons. The predicted octanol–water partition coefficient (Wildman–Crippen LogP) is 4.44. The van der Waals surface area contributed by atoms with Gasteiger partial charge < -0.3 is 15.0 Å². The van der Waals surface area contributed by atoms with Crippen molar-refractivity contribution in [1.29, 1.82) is 0 Å². The Kier molecular flexibility index (Phi) is 7.29. The summed E-state index contributed by atoms with van der Waals surface area (Å²) in [4.78, 5) is 13.8. The van der Waals surface area contributed by atoms with Crippen molar-refractivity contribution in [3.8, 4) is 0 Å². The molecule has 0 aliphatic carbocycles. The number of hydrogen-bond donors (Lipinski definition) is 1. The monoisotopic (exact) mass is 360 g/mol. The summed E-state index contributed by atoms with van der Waals surface area (Å²) in [5.41, 5.74) is -0.692. The van der Waals surface area contributed by atoms with Gasteiger partial charge in [0, 0.05) is 25.7 Å². The Morgan fingerprint density at radius 1 is 1.24 bits per heavy atom. The molecule has 1 rings (SSSR count). The van der Waals surface area contributed by atoms with Gasteiger partial charge in [0.15, 0.2) is 0 Å². The Bertz CT molecular complexity index is 566. The summed E-state index contributed by atoms with van der Waals surface area (Å²) in [6.45, 7) is 10.3. The van der Waals surface area contributed by atoms with Crippen molar-refractivity contribution in [2.75, 3.05) is 13.1 Å². The molecule has 0 aliphatic heterocycles. The van der Waals surface area contributed by atoms with Crippen molar-refractivity contribution in [2.24, 2.45) is 0 Å². The van der Waals surface area contributed by atoms with Crippen LogP contribution in [0, 0.1) is 0 Å². The second kappa shape index (κ2) is 8.56. The van der Waals surface area contributed by atoms with E-state index < -0.39 is 23.4 Å². The minimum atomic E-state index is -4.35. The maximum atomic E-state index is 12.7. The van der Waals surface area contributed by atoms with Gasteiger partial charge in [-0.2, -0.15) is 13.2 Å². The van der Waals surface area contributed by atoms with Crippen molar-refractivity contribution in [3.63, 3.8) is 0 Å². The molecule has 4 nitrogen and oxygen atoms in total. The maximum absolute atomic E-state index is 12.7. The molecule has 1 aromatic rings. The summed E-state index contributed by atoms with van der Waals surface area (Å²) in [5, 5.41) is 3.07. The zero-order chi connectivity index (χ0) is 19.3. The van der Waals surface area contributed by atoms with Crippen LogP contribution in [0.1, 0.15) is 45.7 Å². The van der Waals surface area contributed by atoms with Crippen LogP contribution in [0.4, 0.5) is 18.0 Å². The van der Waals surface area contributed by atoms with Crippen LogP contribution in [0.2, 0.25) is 0 Å².